The first-order valence-electron chi connectivity index (χ1n) is 17.3. The van der Waals surface area contributed by atoms with Gasteiger partial charge in [-0.05, 0) is 77.8 Å². The minimum Gasteiger partial charge on any atom is -0.228 e. The number of nitrogens with zero attached hydrogens (tertiary/aromatic N) is 2. The summed E-state index contributed by atoms with van der Waals surface area (Å²) in [4.78, 5) is 10.0. The SMILES string of the molecule is C/C=C\C(=C/C)c1cc(-c2ccc(C3(c4ccc(-c5cccc(-c6ccccc6)c5)cc4)CCCCC3)cc2)nc(-c2ccccc2)n1. The predicted octanol–water partition coefficient (Wildman–Crippen LogP) is 12.4. The molecule has 2 nitrogen and oxygen atoms in total. The molecular formula is C46H42N2. The van der Waals surface area contributed by atoms with Gasteiger partial charge in [0.1, 0.15) is 0 Å². The van der Waals surface area contributed by atoms with E-state index in [1.165, 1.54) is 65.5 Å². The van der Waals surface area contributed by atoms with Crippen molar-refractivity contribution in [3.05, 3.63) is 175 Å². The molecule has 0 spiro atoms. The van der Waals surface area contributed by atoms with Crippen LogP contribution in [0, 0.1) is 0 Å². The molecule has 1 saturated carbocycles. The number of rotatable bonds is 8. The lowest BCUT2D eigenvalue weighted by Crippen LogP contribution is -2.30. The second kappa shape index (κ2) is 14.2. The highest BCUT2D eigenvalue weighted by molar-refractivity contribution is 5.77. The molecule has 0 N–H and O–H groups in total. The van der Waals surface area contributed by atoms with E-state index in [9.17, 15) is 0 Å². The van der Waals surface area contributed by atoms with Gasteiger partial charge in [-0.1, -0.05) is 165 Å². The Labute approximate surface area is 285 Å². The first-order valence-corrected chi connectivity index (χ1v) is 17.3. The van der Waals surface area contributed by atoms with Crippen LogP contribution in [-0.4, -0.2) is 9.97 Å². The molecule has 1 aliphatic rings. The maximum Gasteiger partial charge on any atom is 0.160 e. The molecule has 0 aliphatic heterocycles. The molecule has 0 amide bonds. The third kappa shape index (κ3) is 6.44. The van der Waals surface area contributed by atoms with Crippen molar-refractivity contribution in [3.8, 4) is 44.9 Å². The lowest BCUT2D eigenvalue weighted by molar-refractivity contribution is 0.346. The van der Waals surface area contributed by atoms with Gasteiger partial charge in [0, 0.05) is 16.5 Å². The molecule has 0 atom stereocenters. The Bertz CT molecular complexity index is 2030. The van der Waals surface area contributed by atoms with E-state index in [0.29, 0.717) is 0 Å². The van der Waals surface area contributed by atoms with Crippen molar-refractivity contribution in [2.45, 2.75) is 51.4 Å². The zero-order valence-electron chi connectivity index (χ0n) is 27.9. The zero-order chi connectivity index (χ0) is 32.8. The molecule has 2 heteroatoms. The fraction of sp³-hybridized carbons (Fsp3) is 0.174. The minimum absolute atomic E-state index is 0.0112. The summed E-state index contributed by atoms with van der Waals surface area (Å²) in [5.41, 5.74) is 12.9. The monoisotopic (exact) mass is 622 g/mol. The van der Waals surface area contributed by atoms with Gasteiger partial charge in [0.25, 0.3) is 0 Å². The van der Waals surface area contributed by atoms with Crippen LogP contribution in [0.1, 0.15) is 62.8 Å². The van der Waals surface area contributed by atoms with Gasteiger partial charge >= 0.3 is 0 Å². The van der Waals surface area contributed by atoms with Gasteiger partial charge in [-0.15, -0.1) is 0 Å². The van der Waals surface area contributed by atoms with Gasteiger partial charge in [-0.2, -0.15) is 0 Å². The van der Waals surface area contributed by atoms with Crippen LogP contribution < -0.4 is 0 Å². The number of hydrogen-bond acceptors (Lipinski definition) is 2. The molecule has 5 aromatic carbocycles. The van der Waals surface area contributed by atoms with E-state index in [-0.39, 0.29) is 5.41 Å². The zero-order valence-corrected chi connectivity index (χ0v) is 27.9. The number of allylic oxidation sites excluding steroid dienone is 4. The van der Waals surface area contributed by atoms with Crippen molar-refractivity contribution in [2.24, 2.45) is 0 Å². The van der Waals surface area contributed by atoms with Crippen LogP contribution in [0.5, 0.6) is 0 Å². The molecule has 1 heterocycles. The Hall–Kier alpha value is -5.34. The van der Waals surface area contributed by atoms with Gasteiger partial charge in [0.15, 0.2) is 5.82 Å². The van der Waals surface area contributed by atoms with E-state index in [2.05, 4.69) is 146 Å². The first-order chi connectivity index (χ1) is 23.7. The highest BCUT2D eigenvalue weighted by Crippen LogP contribution is 2.46. The van der Waals surface area contributed by atoms with Gasteiger partial charge in [-0.25, -0.2) is 9.97 Å². The summed E-state index contributed by atoms with van der Waals surface area (Å²) in [6.45, 7) is 4.10. The molecule has 236 valence electrons. The van der Waals surface area contributed by atoms with Crippen LogP contribution in [0.4, 0.5) is 0 Å². The van der Waals surface area contributed by atoms with Crippen molar-refractivity contribution >= 4 is 5.57 Å². The molecular weight excluding hydrogens is 581 g/mol. The quantitative estimate of drug-likeness (QED) is 0.158. The van der Waals surface area contributed by atoms with Crippen molar-refractivity contribution < 1.29 is 0 Å². The van der Waals surface area contributed by atoms with Crippen LogP contribution in [0.3, 0.4) is 0 Å². The molecule has 1 aliphatic carbocycles. The Morgan fingerprint density at radius 2 is 1.06 bits per heavy atom. The van der Waals surface area contributed by atoms with Crippen molar-refractivity contribution in [1.82, 2.24) is 9.97 Å². The highest BCUT2D eigenvalue weighted by atomic mass is 14.9. The lowest BCUT2D eigenvalue weighted by atomic mass is 9.65. The van der Waals surface area contributed by atoms with E-state index < -0.39 is 0 Å². The fourth-order valence-electron chi connectivity index (χ4n) is 7.32. The molecule has 0 bridgehead atoms. The number of benzene rings is 5. The Kier molecular flexibility index (Phi) is 9.25. The lowest BCUT2D eigenvalue weighted by Gasteiger charge is -2.39. The van der Waals surface area contributed by atoms with Gasteiger partial charge in [0.2, 0.25) is 0 Å². The summed E-state index contributed by atoms with van der Waals surface area (Å²) >= 11 is 0. The van der Waals surface area contributed by atoms with E-state index in [0.717, 1.165) is 33.9 Å². The third-order valence-corrected chi connectivity index (χ3v) is 9.89. The normalized spacial score (nSPS) is 14.7. The maximum atomic E-state index is 5.07. The number of hydrogen-bond donors (Lipinski definition) is 0. The average Bonchev–Trinajstić information content (AvgIpc) is 3.18. The van der Waals surface area contributed by atoms with Gasteiger partial charge in [-0.3, -0.25) is 0 Å². The first kappa shape index (κ1) is 31.3. The molecule has 0 radical (unpaired) electrons. The predicted molar refractivity (Wildman–Crippen MR) is 203 cm³/mol. The Balaban J connectivity index is 1.22. The third-order valence-electron chi connectivity index (χ3n) is 9.89. The molecule has 1 fully saturated rings. The van der Waals surface area contributed by atoms with Gasteiger partial charge in [0.05, 0.1) is 11.4 Å². The molecule has 0 saturated heterocycles. The molecule has 0 unspecified atom stereocenters. The summed E-state index contributed by atoms with van der Waals surface area (Å²) < 4.78 is 0. The Morgan fingerprint density at radius 1 is 0.521 bits per heavy atom. The van der Waals surface area contributed by atoms with E-state index in [1.807, 2.05) is 25.1 Å². The van der Waals surface area contributed by atoms with Gasteiger partial charge < -0.3 is 0 Å². The van der Waals surface area contributed by atoms with E-state index in [1.54, 1.807) is 0 Å². The smallest absolute Gasteiger partial charge is 0.160 e. The summed E-state index contributed by atoms with van der Waals surface area (Å²) in [5.74, 6) is 0.745. The molecule has 1 aromatic heterocycles. The van der Waals surface area contributed by atoms with Crippen LogP contribution >= 0.6 is 0 Å². The summed E-state index contributed by atoms with van der Waals surface area (Å²) in [6, 6.07) is 50.5. The van der Waals surface area contributed by atoms with Crippen LogP contribution in [0.15, 0.2) is 158 Å². The summed E-state index contributed by atoms with van der Waals surface area (Å²) in [5, 5.41) is 0. The second-order valence-corrected chi connectivity index (χ2v) is 12.8. The minimum atomic E-state index is 0.0112. The highest BCUT2D eigenvalue weighted by Gasteiger charge is 2.35. The molecule has 6 aromatic rings. The second-order valence-electron chi connectivity index (χ2n) is 12.8. The van der Waals surface area contributed by atoms with Crippen LogP contribution in [0.2, 0.25) is 0 Å². The summed E-state index contributed by atoms with van der Waals surface area (Å²) in [6.07, 6.45) is 12.4. The standard InChI is InChI=1S/C46H42N2/c1-3-15-34(4-2)43-33-44(48-45(47-43)38-18-10-6-11-19-38)37-24-28-42(29-25-37)46(30-12-7-13-31-46)41-26-22-36(23-27-41)40-21-14-20-39(32-40)35-16-8-5-9-17-35/h3-6,8-11,14-29,32-33H,7,12-13,30-31H2,1-2H3/b15-3-,34-4+. The number of aromatic nitrogens is 2. The van der Waals surface area contributed by atoms with Crippen LogP contribution in [0.25, 0.3) is 50.5 Å². The summed E-state index contributed by atoms with van der Waals surface area (Å²) in [7, 11) is 0. The fourth-order valence-corrected chi connectivity index (χ4v) is 7.32. The van der Waals surface area contributed by atoms with E-state index in [4.69, 9.17) is 9.97 Å². The van der Waals surface area contributed by atoms with Crippen molar-refractivity contribution in [2.75, 3.05) is 0 Å². The molecule has 48 heavy (non-hydrogen) atoms. The maximum absolute atomic E-state index is 5.07. The van der Waals surface area contributed by atoms with Crippen LogP contribution in [-0.2, 0) is 5.41 Å². The Morgan fingerprint density at radius 3 is 1.65 bits per heavy atom. The van der Waals surface area contributed by atoms with Crippen molar-refractivity contribution in [3.63, 3.8) is 0 Å². The largest absolute Gasteiger partial charge is 0.228 e. The molecule has 7 rings (SSSR count). The van der Waals surface area contributed by atoms with E-state index >= 15 is 0 Å². The topological polar surface area (TPSA) is 25.8 Å². The average molecular weight is 623 g/mol. The van der Waals surface area contributed by atoms with Crippen molar-refractivity contribution in [1.29, 1.82) is 0 Å².